The minimum atomic E-state index is -1.14. The second kappa shape index (κ2) is 4.70. The molecule has 2 unspecified atom stereocenters. The number of rotatable bonds is 3. The molecule has 18 heavy (non-hydrogen) atoms. The van der Waals surface area contributed by atoms with Gasteiger partial charge in [0.05, 0.1) is 33.7 Å². The highest BCUT2D eigenvalue weighted by atomic mass is 32.2. The van der Waals surface area contributed by atoms with Gasteiger partial charge in [-0.1, -0.05) is 0 Å². The highest BCUT2D eigenvalue weighted by molar-refractivity contribution is 7.84. The van der Waals surface area contributed by atoms with Crippen molar-refractivity contribution in [3.8, 4) is 0 Å². The molecule has 1 aliphatic rings. The largest absolute Gasteiger partial charge is 0.399 e. The third-order valence-electron chi connectivity index (χ3n) is 3.06. The number of H-pyrrole nitrogens is 1. The van der Waals surface area contributed by atoms with E-state index in [0.29, 0.717) is 16.6 Å². The molecule has 1 saturated heterocycles. The Hall–Kier alpha value is -1.40. The minimum absolute atomic E-state index is 0.101. The maximum Gasteiger partial charge on any atom is 0.197 e. The van der Waals surface area contributed by atoms with E-state index < -0.39 is 10.8 Å². The fraction of sp³-hybridized carbons (Fsp3) is 0.417. The lowest BCUT2D eigenvalue weighted by Gasteiger charge is -2.06. The molecule has 0 aliphatic carbocycles. The second-order valence-corrected chi connectivity index (χ2v) is 5.88. The highest BCUT2D eigenvalue weighted by Crippen LogP contribution is 2.19. The Balaban J connectivity index is 1.82. The van der Waals surface area contributed by atoms with Crippen LogP contribution in [-0.2, 0) is 15.5 Å². The summed E-state index contributed by atoms with van der Waals surface area (Å²) in [5, 5.41) is 0.506. The predicted octanol–water partition coefficient (Wildman–Crippen LogP) is 1.43. The Labute approximate surface area is 107 Å². The van der Waals surface area contributed by atoms with Gasteiger partial charge in [0.2, 0.25) is 0 Å². The van der Waals surface area contributed by atoms with Gasteiger partial charge in [-0.05, 0) is 31.0 Å². The molecule has 0 amide bonds. The molecule has 1 fully saturated rings. The number of imidazole rings is 1. The third-order valence-corrected chi connectivity index (χ3v) is 4.36. The number of nitrogens with zero attached hydrogens (tertiary/aromatic N) is 1. The van der Waals surface area contributed by atoms with E-state index in [4.69, 9.17) is 10.5 Å². The standard InChI is InChI=1S/C12H15N3O2S/c13-8-3-4-10-11(6-8)15-12(14-10)18(16)7-9-2-1-5-17-9/h3-4,6,9H,1-2,5,7,13H2,(H,14,15). The zero-order chi connectivity index (χ0) is 12.5. The van der Waals surface area contributed by atoms with Crippen LogP contribution in [0.25, 0.3) is 11.0 Å². The zero-order valence-corrected chi connectivity index (χ0v) is 10.7. The number of ether oxygens (including phenoxy) is 1. The van der Waals surface area contributed by atoms with E-state index in [9.17, 15) is 4.21 Å². The summed E-state index contributed by atoms with van der Waals surface area (Å²) in [5.41, 5.74) is 7.98. The number of aromatic amines is 1. The molecule has 5 nitrogen and oxygen atoms in total. The molecule has 0 spiro atoms. The van der Waals surface area contributed by atoms with Crippen molar-refractivity contribution in [3.63, 3.8) is 0 Å². The first-order valence-electron chi connectivity index (χ1n) is 5.97. The number of anilines is 1. The average Bonchev–Trinajstić information content (AvgIpc) is 2.96. The maximum absolute atomic E-state index is 12.2. The molecule has 2 atom stereocenters. The van der Waals surface area contributed by atoms with Crippen molar-refractivity contribution in [1.82, 2.24) is 9.97 Å². The Morgan fingerprint density at radius 1 is 1.56 bits per heavy atom. The molecule has 96 valence electrons. The van der Waals surface area contributed by atoms with Crippen molar-refractivity contribution >= 4 is 27.5 Å². The Morgan fingerprint density at radius 2 is 2.44 bits per heavy atom. The van der Waals surface area contributed by atoms with Crippen LogP contribution in [-0.4, -0.2) is 32.6 Å². The van der Waals surface area contributed by atoms with Crippen LogP contribution in [0.5, 0.6) is 0 Å². The van der Waals surface area contributed by atoms with E-state index in [1.807, 2.05) is 6.07 Å². The molecule has 2 heterocycles. The van der Waals surface area contributed by atoms with E-state index in [-0.39, 0.29) is 6.10 Å². The van der Waals surface area contributed by atoms with Crippen molar-refractivity contribution in [2.75, 3.05) is 18.1 Å². The minimum Gasteiger partial charge on any atom is -0.399 e. The summed E-state index contributed by atoms with van der Waals surface area (Å²) in [7, 11) is -1.14. The van der Waals surface area contributed by atoms with Crippen LogP contribution in [0, 0.1) is 0 Å². The number of hydrogen-bond donors (Lipinski definition) is 2. The van der Waals surface area contributed by atoms with Crippen LogP contribution in [0.2, 0.25) is 0 Å². The number of hydrogen-bond acceptors (Lipinski definition) is 4. The number of nitrogens with two attached hydrogens (primary N) is 1. The lowest BCUT2D eigenvalue weighted by molar-refractivity contribution is 0.128. The van der Waals surface area contributed by atoms with Gasteiger partial charge in [-0.2, -0.15) is 0 Å². The first-order chi connectivity index (χ1) is 8.72. The molecule has 1 aliphatic heterocycles. The molecule has 0 bridgehead atoms. The number of nitrogen functional groups attached to an aromatic ring is 1. The van der Waals surface area contributed by atoms with Gasteiger partial charge in [-0.3, -0.25) is 4.21 Å². The van der Waals surface area contributed by atoms with Crippen LogP contribution in [0.4, 0.5) is 5.69 Å². The molecule has 3 N–H and O–H groups in total. The third kappa shape index (κ3) is 2.26. The number of benzene rings is 1. The van der Waals surface area contributed by atoms with Gasteiger partial charge >= 0.3 is 0 Å². The molecular formula is C12H15N3O2S. The summed E-state index contributed by atoms with van der Waals surface area (Å²) in [6, 6.07) is 5.42. The summed E-state index contributed by atoms with van der Waals surface area (Å²) in [6.45, 7) is 0.776. The van der Waals surface area contributed by atoms with Crippen molar-refractivity contribution in [3.05, 3.63) is 18.2 Å². The maximum atomic E-state index is 12.2. The van der Waals surface area contributed by atoms with Gasteiger partial charge < -0.3 is 15.5 Å². The van der Waals surface area contributed by atoms with Gasteiger partial charge in [0.25, 0.3) is 0 Å². The Morgan fingerprint density at radius 3 is 3.22 bits per heavy atom. The van der Waals surface area contributed by atoms with Crippen molar-refractivity contribution in [2.24, 2.45) is 0 Å². The molecule has 2 aromatic rings. The van der Waals surface area contributed by atoms with Crippen LogP contribution in [0.15, 0.2) is 23.4 Å². The molecule has 1 aromatic carbocycles. The van der Waals surface area contributed by atoms with Gasteiger partial charge in [-0.25, -0.2) is 4.98 Å². The molecule has 1 aromatic heterocycles. The normalized spacial score (nSPS) is 21.4. The monoisotopic (exact) mass is 265 g/mol. The lowest BCUT2D eigenvalue weighted by atomic mass is 10.3. The van der Waals surface area contributed by atoms with Crippen LogP contribution >= 0.6 is 0 Å². The lowest BCUT2D eigenvalue weighted by Crippen LogP contribution is -2.16. The summed E-state index contributed by atoms with van der Waals surface area (Å²) in [5.74, 6) is 0.509. The van der Waals surface area contributed by atoms with Crippen LogP contribution in [0.3, 0.4) is 0 Å². The van der Waals surface area contributed by atoms with Crippen LogP contribution in [0.1, 0.15) is 12.8 Å². The quantitative estimate of drug-likeness (QED) is 0.823. The van der Waals surface area contributed by atoms with Crippen molar-refractivity contribution in [2.45, 2.75) is 24.1 Å². The van der Waals surface area contributed by atoms with Crippen molar-refractivity contribution in [1.29, 1.82) is 0 Å². The van der Waals surface area contributed by atoms with Gasteiger partial charge in [-0.15, -0.1) is 0 Å². The number of fused-ring (bicyclic) bond motifs is 1. The first kappa shape index (κ1) is 11.7. The van der Waals surface area contributed by atoms with E-state index in [1.165, 1.54) is 0 Å². The first-order valence-corrected chi connectivity index (χ1v) is 7.29. The summed E-state index contributed by atoms with van der Waals surface area (Å²) in [6.07, 6.45) is 2.14. The van der Waals surface area contributed by atoms with Gasteiger partial charge in [0.1, 0.15) is 0 Å². The SMILES string of the molecule is Nc1ccc2nc(S(=O)CC3CCCO3)[nH]c2c1. The smallest absolute Gasteiger partial charge is 0.197 e. The molecule has 0 saturated carbocycles. The summed E-state index contributed by atoms with van der Waals surface area (Å²) in [4.78, 5) is 7.39. The topological polar surface area (TPSA) is 81.0 Å². The van der Waals surface area contributed by atoms with E-state index in [0.717, 1.165) is 30.5 Å². The molecule has 3 rings (SSSR count). The average molecular weight is 265 g/mol. The Bertz CT molecular complexity index is 590. The van der Waals surface area contributed by atoms with Crippen molar-refractivity contribution < 1.29 is 8.95 Å². The molecular weight excluding hydrogens is 250 g/mol. The number of aromatic nitrogens is 2. The highest BCUT2D eigenvalue weighted by Gasteiger charge is 2.20. The van der Waals surface area contributed by atoms with Crippen LogP contribution < -0.4 is 5.73 Å². The van der Waals surface area contributed by atoms with Gasteiger partial charge in [0, 0.05) is 12.3 Å². The number of nitrogens with one attached hydrogen (secondary N) is 1. The summed E-state index contributed by atoms with van der Waals surface area (Å²) < 4.78 is 17.6. The molecule has 0 radical (unpaired) electrons. The fourth-order valence-corrected chi connectivity index (χ4v) is 3.32. The summed E-state index contributed by atoms with van der Waals surface area (Å²) >= 11 is 0. The van der Waals surface area contributed by atoms with E-state index in [2.05, 4.69) is 9.97 Å². The zero-order valence-electron chi connectivity index (χ0n) is 9.89. The Kier molecular flexibility index (Phi) is 3.05. The fourth-order valence-electron chi connectivity index (χ4n) is 2.14. The predicted molar refractivity (Wildman–Crippen MR) is 70.8 cm³/mol. The molecule has 6 heteroatoms. The van der Waals surface area contributed by atoms with Gasteiger partial charge in [0.15, 0.2) is 5.16 Å². The van der Waals surface area contributed by atoms with E-state index in [1.54, 1.807) is 12.1 Å². The van der Waals surface area contributed by atoms with E-state index >= 15 is 0 Å². The second-order valence-electron chi connectivity index (χ2n) is 4.47.